The number of hydrogen-bond acceptors (Lipinski definition) is 6. The van der Waals surface area contributed by atoms with E-state index >= 15 is 0 Å². The molecule has 1 aliphatic rings. The van der Waals surface area contributed by atoms with Crippen molar-refractivity contribution in [1.29, 1.82) is 0 Å². The molecule has 0 radical (unpaired) electrons. The van der Waals surface area contributed by atoms with Gasteiger partial charge in [-0.3, -0.25) is 4.79 Å². The molecule has 4 rings (SSSR count). The maximum atomic E-state index is 12.6. The molecule has 25 heavy (non-hydrogen) atoms. The van der Waals surface area contributed by atoms with Gasteiger partial charge in [-0.15, -0.1) is 5.10 Å². The second kappa shape index (κ2) is 6.29. The Hall–Kier alpha value is -2.74. The molecule has 1 aliphatic heterocycles. The van der Waals surface area contributed by atoms with Crippen molar-refractivity contribution < 1.29 is 9.32 Å². The van der Waals surface area contributed by atoms with Gasteiger partial charge in [-0.2, -0.15) is 4.98 Å². The highest BCUT2D eigenvalue weighted by Gasteiger charge is 2.30. The van der Waals surface area contributed by atoms with E-state index in [1.54, 1.807) is 34.8 Å². The molecule has 0 saturated carbocycles. The van der Waals surface area contributed by atoms with Crippen LogP contribution in [-0.2, 0) is 0 Å². The van der Waals surface area contributed by atoms with Crippen LogP contribution in [0.15, 0.2) is 35.0 Å². The Labute approximate surface area is 148 Å². The topological polar surface area (TPSA) is 89.9 Å². The lowest BCUT2D eigenvalue weighted by Crippen LogP contribution is -2.29. The van der Waals surface area contributed by atoms with Gasteiger partial charge in [0, 0.05) is 13.1 Å². The van der Waals surface area contributed by atoms with Crippen molar-refractivity contribution in [2.24, 2.45) is 0 Å². The first kappa shape index (κ1) is 15.8. The number of rotatable bonds is 3. The van der Waals surface area contributed by atoms with Crippen molar-refractivity contribution in [2.45, 2.75) is 19.4 Å². The number of amides is 1. The highest BCUT2D eigenvalue weighted by Crippen LogP contribution is 2.26. The number of likely N-dealkylation sites (tertiary alicyclic amines) is 1. The number of halogens is 1. The zero-order valence-corrected chi connectivity index (χ0v) is 14.2. The molecular weight excluding hydrogens is 344 g/mol. The summed E-state index contributed by atoms with van der Waals surface area (Å²) in [5, 5.41) is 12.4. The third kappa shape index (κ3) is 3.00. The van der Waals surface area contributed by atoms with Crippen molar-refractivity contribution in [3.05, 3.63) is 46.9 Å². The van der Waals surface area contributed by atoms with Crippen molar-refractivity contribution in [3.63, 3.8) is 0 Å². The number of benzene rings is 1. The lowest BCUT2D eigenvalue weighted by Gasteiger charge is -2.17. The number of aryl methyl sites for hydroxylation is 1. The summed E-state index contributed by atoms with van der Waals surface area (Å²) in [5.74, 6) is 0.814. The second-order valence-electron chi connectivity index (χ2n) is 5.90. The van der Waals surface area contributed by atoms with Gasteiger partial charge < -0.3 is 9.42 Å². The van der Waals surface area contributed by atoms with E-state index in [1.165, 1.54) is 0 Å². The van der Waals surface area contributed by atoms with E-state index in [2.05, 4.69) is 20.5 Å². The number of nitrogens with zero attached hydrogens (tertiary/aromatic N) is 6. The monoisotopic (exact) mass is 358 g/mol. The molecule has 0 bridgehead atoms. The van der Waals surface area contributed by atoms with Gasteiger partial charge in [0.1, 0.15) is 0 Å². The molecule has 0 spiro atoms. The summed E-state index contributed by atoms with van der Waals surface area (Å²) in [7, 11) is 0. The summed E-state index contributed by atoms with van der Waals surface area (Å²) < 4.78 is 6.85. The highest BCUT2D eigenvalue weighted by atomic mass is 35.5. The number of hydrogen-bond donors (Lipinski definition) is 0. The van der Waals surface area contributed by atoms with Crippen LogP contribution in [0.3, 0.4) is 0 Å². The van der Waals surface area contributed by atoms with Crippen LogP contribution < -0.4 is 0 Å². The zero-order chi connectivity index (χ0) is 17.4. The van der Waals surface area contributed by atoms with E-state index in [0.717, 1.165) is 6.42 Å². The molecule has 8 nitrogen and oxygen atoms in total. The fraction of sp³-hybridized carbons (Fsp3) is 0.312. The Morgan fingerprint density at radius 3 is 2.96 bits per heavy atom. The van der Waals surface area contributed by atoms with Crippen LogP contribution in [0, 0.1) is 6.92 Å². The van der Waals surface area contributed by atoms with Gasteiger partial charge in [0.25, 0.3) is 11.8 Å². The van der Waals surface area contributed by atoms with Gasteiger partial charge in [-0.05, 0) is 25.5 Å². The average Bonchev–Trinajstić information content (AvgIpc) is 3.34. The third-order valence-electron chi connectivity index (χ3n) is 4.19. The standard InChI is InChI=1S/C16H15ClN6O2/c1-10-18-15(25-20-10)14-9-23(21-19-14)11-6-7-22(8-11)16(24)12-4-2-3-5-13(12)17/h2-5,9,11H,6-8H2,1H3. The van der Waals surface area contributed by atoms with Crippen LogP contribution in [0.2, 0.25) is 5.02 Å². The van der Waals surface area contributed by atoms with Crippen LogP contribution in [0.25, 0.3) is 11.6 Å². The predicted octanol–water partition coefficient (Wildman–Crippen LogP) is 2.38. The van der Waals surface area contributed by atoms with E-state index in [4.69, 9.17) is 16.1 Å². The van der Waals surface area contributed by atoms with E-state index in [0.29, 0.717) is 41.1 Å². The van der Waals surface area contributed by atoms with Gasteiger partial charge in [0.2, 0.25) is 0 Å². The summed E-state index contributed by atoms with van der Waals surface area (Å²) in [4.78, 5) is 18.6. The molecule has 1 amide bonds. The Morgan fingerprint density at radius 2 is 2.20 bits per heavy atom. The van der Waals surface area contributed by atoms with Crippen LogP contribution in [-0.4, -0.2) is 49.0 Å². The third-order valence-corrected chi connectivity index (χ3v) is 4.52. The second-order valence-corrected chi connectivity index (χ2v) is 6.31. The lowest BCUT2D eigenvalue weighted by molar-refractivity contribution is 0.0787. The normalized spacial score (nSPS) is 17.2. The minimum absolute atomic E-state index is 0.0525. The molecule has 128 valence electrons. The van der Waals surface area contributed by atoms with Crippen molar-refractivity contribution in [3.8, 4) is 11.6 Å². The summed E-state index contributed by atoms with van der Waals surface area (Å²) in [6.45, 7) is 2.94. The largest absolute Gasteiger partial charge is 0.336 e. The van der Waals surface area contributed by atoms with Crippen LogP contribution >= 0.6 is 11.6 Å². The molecule has 1 fully saturated rings. The fourth-order valence-corrected chi connectivity index (χ4v) is 3.12. The minimum Gasteiger partial charge on any atom is -0.336 e. The Bertz CT molecular complexity index is 921. The molecule has 3 aromatic rings. The van der Waals surface area contributed by atoms with E-state index in [1.807, 2.05) is 12.1 Å². The number of aromatic nitrogens is 5. The molecule has 0 aliphatic carbocycles. The fourth-order valence-electron chi connectivity index (χ4n) is 2.90. The maximum Gasteiger partial charge on any atom is 0.280 e. The summed E-state index contributed by atoms with van der Waals surface area (Å²) in [6.07, 6.45) is 2.56. The van der Waals surface area contributed by atoms with Gasteiger partial charge in [-0.1, -0.05) is 34.1 Å². The molecular formula is C16H15ClN6O2. The van der Waals surface area contributed by atoms with Crippen LogP contribution in [0.1, 0.15) is 28.6 Å². The van der Waals surface area contributed by atoms with Crippen LogP contribution in [0.4, 0.5) is 0 Å². The molecule has 1 saturated heterocycles. The average molecular weight is 359 g/mol. The van der Waals surface area contributed by atoms with Crippen molar-refractivity contribution >= 4 is 17.5 Å². The summed E-state index contributed by atoms with van der Waals surface area (Å²) in [6, 6.07) is 7.13. The quantitative estimate of drug-likeness (QED) is 0.714. The van der Waals surface area contributed by atoms with Gasteiger partial charge in [0.15, 0.2) is 11.5 Å². The minimum atomic E-state index is -0.0686. The number of carbonyl (C=O) groups is 1. The highest BCUT2D eigenvalue weighted by molar-refractivity contribution is 6.33. The van der Waals surface area contributed by atoms with Gasteiger partial charge >= 0.3 is 0 Å². The number of carbonyl (C=O) groups excluding carboxylic acids is 1. The Morgan fingerprint density at radius 1 is 1.36 bits per heavy atom. The van der Waals surface area contributed by atoms with E-state index in [-0.39, 0.29) is 11.9 Å². The first-order valence-corrected chi connectivity index (χ1v) is 8.26. The first-order valence-electron chi connectivity index (χ1n) is 7.88. The lowest BCUT2D eigenvalue weighted by atomic mass is 10.2. The van der Waals surface area contributed by atoms with Crippen molar-refractivity contribution in [2.75, 3.05) is 13.1 Å². The predicted molar refractivity (Wildman–Crippen MR) is 89.1 cm³/mol. The van der Waals surface area contributed by atoms with Gasteiger partial charge in [0.05, 0.1) is 22.8 Å². The smallest absolute Gasteiger partial charge is 0.280 e. The molecule has 9 heteroatoms. The first-order chi connectivity index (χ1) is 12.1. The molecule has 1 aromatic carbocycles. The van der Waals surface area contributed by atoms with E-state index in [9.17, 15) is 4.79 Å². The SMILES string of the molecule is Cc1noc(-c2cn(C3CCN(C(=O)c4ccccc4Cl)C3)nn2)n1. The zero-order valence-electron chi connectivity index (χ0n) is 13.5. The Balaban J connectivity index is 1.49. The molecule has 1 unspecified atom stereocenters. The molecule has 0 N–H and O–H groups in total. The van der Waals surface area contributed by atoms with Crippen LogP contribution in [0.5, 0.6) is 0 Å². The Kier molecular flexibility index (Phi) is 3.96. The summed E-state index contributed by atoms with van der Waals surface area (Å²) in [5.41, 5.74) is 1.04. The molecule has 2 aromatic heterocycles. The molecule has 1 atom stereocenters. The van der Waals surface area contributed by atoms with Crippen molar-refractivity contribution in [1.82, 2.24) is 30.0 Å². The maximum absolute atomic E-state index is 12.6. The molecule has 3 heterocycles. The van der Waals surface area contributed by atoms with Gasteiger partial charge in [-0.25, -0.2) is 4.68 Å². The summed E-state index contributed by atoms with van der Waals surface area (Å²) >= 11 is 6.13. The van der Waals surface area contributed by atoms with E-state index < -0.39 is 0 Å².